The Balaban J connectivity index is 2.33. The summed E-state index contributed by atoms with van der Waals surface area (Å²) in [6.45, 7) is 1.61. The molecule has 0 saturated carbocycles. The van der Waals surface area contributed by atoms with Gasteiger partial charge in [0.05, 0.1) is 0 Å². The number of carbonyl (C=O) groups excluding carboxylic acids is 1. The van der Waals surface area contributed by atoms with Crippen LogP contribution in [0.5, 0.6) is 5.06 Å². The molecule has 2 N–H and O–H groups in total. The highest BCUT2D eigenvalue weighted by atomic mass is 32.1. The highest BCUT2D eigenvalue weighted by Gasteiger charge is 2.13. The van der Waals surface area contributed by atoms with Crippen molar-refractivity contribution in [1.29, 1.82) is 0 Å². The second-order valence-electron chi connectivity index (χ2n) is 3.32. The quantitative estimate of drug-likeness (QED) is 0.790. The van der Waals surface area contributed by atoms with E-state index in [-0.39, 0.29) is 0 Å². The molecule has 0 unspecified atom stereocenters. The molecule has 1 aromatic heterocycles. The molecular weight excluding hydrogens is 210 g/mol. The molecule has 4 heteroatoms. The van der Waals surface area contributed by atoms with Gasteiger partial charge in [0, 0.05) is 10.8 Å². The van der Waals surface area contributed by atoms with Gasteiger partial charge in [0.15, 0.2) is 5.06 Å². The Bertz CT molecular complexity index is 490. The van der Waals surface area contributed by atoms with Gasteiger partial charge in [-0.25, -0.2) is 4.79 Å². The molecule has 0 saturated heterocycles. The zero-order chi connectivity index (χ0) is 10.8. The van der Waals surface area contributed by atoms with Crippen LogP contribution >= 0.6 is 11.3 Å². The van der Waals surface area contributed by atoms with E-state index in [1.54, 1.807) is 6.92 Å². The number of nitrogens with two attached hydrogens (primary N) is 1. The van der Waals surface area contributed by atoms with E-state index in [0.717, 1.165) is 10.8 Å². The Kier molecular flexibility index (Phi) is 2.70. The predicted molar refractivity (Wildman–Crippen MR) is 61.1 cm³/mol. The number of fused-ring (bicyclic) bond motifs is 1. The molecule has 0 aliphatic rings. The Labute approximate surface area is 91.5 Å². The summed E-state index contributed by atoms with van der Waals surface area (Å²) in [7, 11) is 0. The van der Waals surface area contributed by atoms with Crippen LogP contribution in [-0.2, 0) is 4.79 Å². The standard InChI is InChI=1S/C11H11NO2S/c1-7(12)10(13)14-11-9-5-3-2-4-8(9)6-15-11/h2-7H,12H2,1H3/t7-/m0/s1. The first-order valence-electron chi connectivity index (χ1n) is 4.62. The molecule has 0 bridgehead atoms. The molecule has 0 radical (unpaired) electrons. The summed E-state index contributed by atoms with van der Waals surface area (Å²) < 4.78 is 5.18. The number of esters is 1. The van der Waals surface area contributed by atoms with Crippen LogP contribution in [-0.4, -0.2) is 12.0 Å². The lowest BCUT2D eigenvalue weighted by Crippen LogP contribution is -2.30. The third kappa shape index (κ3) is 2.00. The van der Waals surface area contributed by atoms with Crippen molar-refractivity contribution >= 4 is 28.1 Å². The maximum atomic E-state index is 11.3. The minimum Gasteiger partial charge on any atom is -0.414 e. The summed E-state index contributed by atoms with van der Waals surface area (Å²) in [5, 5.41) is 4.61. The minimum absolute atomic E-state index is 0.400. The van der Waals surface area contributed by atoms with Gasteiger partial charge in [0.25, 0.3) is 0 Å². The van der Waals surface area contributed by atoms with E-state index in [1.165, 1.54) is 11.3 Å². The van der Waals surface area contributed by atoms with Crippen LogP contribution in [0.25, 0.3) is 10.8 Å². The third-order valence-corrected chi connectivity index (χ3v) is 2.93. The lowest BCUT2D eigenvalue weighted by Gasteiger charge is -2.04. The molecule has 0 amide bonds. The largest absolute Gasteiger partial charge is 0.414 e. The molecule has 78 valence electrons. The molecule has 2 rings (SSSR count). The Morgan fingerprint density at radius 1 is 1.47 bits per heavy atom. The summed E-state index contributed by atoms with van der Waals surface area (Å²) in [5.41, 5.74) is 5.43. The zero-order valence-electron chi connectivity index (χ0n) is 8.27. The Morgan fingerprint density at radius 2 is 2.20 bits per heavy atom. The van der Waals surface area contributed by atoms with Gasteiger partial charge in [-0.2, -0.15) is 0 Å². The summed E-state index contributed by atoms with van der Waals surface area (Å²) >= 11 is 1.41. The molecule has 3 nitrogen and oxygen atoms in total. The Morgan fingerprint density at radius 3 is 2.93 bits per heavy atom. The smallest absolute Gasteiger partial charge is 0.328 e. The number of carbonyl (C=O) groups is 1. The zero-order valence-corrected chi connectivity index (χ0v) is 9.08. The van der Waals surface area contributed by atoms with Crippen LogP contribution in [0.1, 0.15) is 6.92 Å². The lowest BCUT2D eigenvalue weighted by atomic mass is 10.2. The van der Waals surface area contributed by atoms with Gasteiger partial charge in [0.1, 0.15) is 6.04 Å². The van der Waals surface area contributed by atoms with E-state index < -0.39 is 12.0 Å². The molecule has 15 heavy (non-hydrogen) atoms. The van der Waals surface area contributed by atoms with Crippen LogP contribution in [0.2, 0.25) is 0 Å². The van der Waals surface area contributed by atoms with Crippen molar-refractivity contribution in [3.05, 3.63) is 29.6 Å². The predicted octanol–water partition coefficient (Wildman–Crippen LogP) is 2.15. The molecule has 2 aromatic rings. The summed E-state index contributed by atoms with van der Waals surface area (Å²) in [4.78, 5) is 11.3. The van der Waals surface area contributed by atoms with Crippen molar-refractivity contribution in [3.63, 3.8) is 0 Å². The molecule has 1 aromatic carbocycles. The maximum Gasteiger partial charge on any atom is 0.328 e. The topological polar surface area (TPSA) is 52.3 Å². The number of rotatable bonds is 2. The van der Waals surface area contributed by atoms with E-state index in [0.29, 0.717) is 5.06 Å². The van der Waals surface area contributed by atoms with Gasteiger partial charge in [-0.05, 0) is 18.4 Å². The number of thiophene rings is 1. The van der Waals surface area contributed by atoms with Crippen molar-refractivity contribution < 1.29 is 9.53 Å². The lowest BCUT2D eigenvalue weighted by molar-refractivity contribution is -0.135. The number of benzene rings is 1. The van der Waals surface area contributed by atoms with Crippen molar-refractivity contribution in [2.75, 3.05) is 0 Å². The molecule has 0 fully saturated rings. The molecular formula is C11H11NO2S. The fourth-order valence-corrected chi connectivity index (χ4v) is 2.11. The van der Waals surface area contributed by atoms with Crippen LogP contribution in [0.4, 0.5) is 0 Å². The molecule has 0 aliphatic carbocycles. The minimum atomic E-state index is -0.592. The van der Waals surface area contributed by atoms with E-state index in [1.807, 2.05) is 29.6 Å². The molecule has 1 heterocycles. The fourth-order valence-electron chi connectivity index (χ4n) is 1.23. The highest BCUT2D eigenvalue weighted by molar-refractivity contribution is 7.13. The summed E-state index contributed by atoms with van der Waals surface area (Å²) in [6, 6.07) is 7.18. The van der Waals surface area contributed by atoms with Crippen LogP contribution in [0.15, 0.2) is 29.6 Å². The van der Waals surface area contributed by atoms with Gasteiger partial charge in [-0.3, -0.25) is 0 Å². The first kappa shape index (κ1) is 10.1. The molecule has 0 aliphatic heterocycles. The first-order valence-corrected chi connectivity index (χ1v) is 5.50. The second kappa shape index (κ2) is 4.00. The summed E-state index contributed by atoms with van der Waals surface area (Å²) in [6.07, 6.45) is 0. The van der Waals surface area contributed by atoms with Crippen molar-refractivity contribution in [2.24, 2.45) is 5.73 Å². The average Bonchev–Trinajstić information content (AvgIpc) is 2.62. The van der Waals surface area contributed by atoms with Crippen LogP contribution < -0.4 is 10.5 Å². The second-order valence-corrected chi connectivity index (χ2v) is 4.16. The fraction of sp³-hybridized carbons (Fsp3) is 0.182. The van der Waals surface area contributed by atoms with Gasteiger partial charge in [0.2, 0.25) is 0 Å². The van der Waals surface area contributed by atoms with Crippen LogP contribution in [0, 0.1) is 0 Å². The van der Waals surface area contributed by atoms with E-state index in [9.17, 15) is 4.79 Å². The highest BCUT2D eigenvalue weighted by Crippen LogP contribution is 2.32. The number of hydrogen-bond acceptors (Lipinski definition) is 4. The van der Waals surface area contributed by atoms with Crippen molar-refractivity contribution in [1.82, 2.24) is 0 Å². The maximum absolute atomic E-state index is 11.3. The van der Waals surface area contributed by atoms with Gasteiger partial charge in [-0.1, -0.05) is 18.2 Å². The normalized spacial score (nSPS) is 12.7. The molecule has 1 atom stereocenters. The van der Waals surface area contributed by atoms with Gasteiger partial charge < -0.3 is 10.5 Å². The first-order chi connectivity index (χ1) is 7.18. The van der Waals surface area contributed by atoms with E-state index >= 15 is 0 Å². The molecule has 0 spiro atoms. The van der Waals surface area contributed by atoms with E-state index in [2.05, 4.69) is 0 Å². The Hall–Kier alpha value is -1.39. The van der Waals surface area contributed by atoms with Gasteiger partial charge >= 0.3 is 5.97 Å². The van der Waals surface area contributed by atoms with E-state index in [4.69, 9.17) is 10.5 Å². The third-order valence-electron chi connectivity index (χ3n) is 2.04. The SMILES string of the molecule is C[C@H](N)C(=O)Oc1scc2ccccc12. The van der Waals surface area contributed by atoms with Crippen LogP contribution in [0.3, 0.4) is 0 Å². The van der Waals surface area contributed by atoms with Gasteiger partial charge in [-0.15, -0.1) is 11.3 Å². The summed E-state index contributed by atoms with van der Waals surface area (Å²) in [5.74, 6) is -0.400. The monoisotopic (exact) mass is 221 g/mol. The number of ether oxygens (including phenoxy) is 1. The number of hydrogen-bond donors (Lipinski definition) is 1. The van der Waals surface area contributed by atoms with Crippen molar-refractivity contribution in [2.45, 2.75) is 13.0 Å². The average molecular weight is 221 g/mol. The van der Waals surface area contributed by atoms with Crippen molar-refractivity contribution in [3.8, 4) is 5.06 Å².